The van der Waals surface area contributed by atoms with E-state index in [1.54, 1.807) is 11.3 Å². The van der Waals surface area contributed by atoms with Crippen molar-refractivity contribution in [2.75, 3.05) is 5.73 Å². The number of nitrogen functional groups attached to an aromatic ring is 1. The smallest absolute Gasteiger partial charge is 0.181 e. The molecule has 4 nitrogen and oxygen atoms in total. The number of aromatic nitrogens is 3. The van der Waals surface area contributed by atoms with E-state index < -0.39 is 0 Å². The molecule has 106 valence electrons. The zero-order valence-corrected chi connectivity index (χ0v) is 14.7. The van der Waals surface area contributed by atoms with Gasteiger partial charge in [0.15, 0.2) is 5.82 Å². The van der Waals surface area contributed by atoms with Crippen LogP contribution in [-0.4, -0.2) is 15.0 Å². The molecule has 0 amide bonds. The number of halogens is 1. The SMILES string of the molecule is CC(C)(C)c1nc(-c2nc(N)c(I)c(C3CC3)n2)cs1. The fourth-order valence-electron chi connectivity index (χ4n) is 1.95. The van der Waals surface area contributed by atoms with Gasteiger partial charge in [-0.25, -0.2) is 15.0 Å². The van der Waals surface area contributed by atoms with E-state index in [0.29, 0.717) is 17.6 Å². The Bertz CT molecular complexity index is 656. The summed E-state index contributed by atoms with van der Waals surface area (Å²) in [5, 5.41) is 3.13. The molecule has 0 saturated heterocycles. The first-order chi connectivity index (χ1) is 9.36. The van der Waals surface area contributed by atoms with E-state index in [4.69, 9.17) is 10.7 Å². The van der Waals surface area contributed by atoms with Gasteiger partial charge in [-0.2, -0.15) is 0 Å². The molecule has 2 aromatic heterocycles. The molecule has 3 rings (SSSR count). The van der Waals surface area contributed by atoms with Gasteiger partial charge >= 0.3 is 0 Å². The van der Waals surface area contributed by atoms with Crippen molar-refractivity contribution >= 4 is 39.7 Å². The minimum absolute atomic E-state index is 0.0526. The lowest BCUT2D eigenvalue weighted by Crippen LogP contribution is -2.10. The molecule has 1 fully saturated rings. The van der Waals surface area contributed by atoms with Crippen molar-refractivity contribution in [1.29, 1.82) is 0 Å². The van der Waals surface area contributed by atoms with Crippen LogP contribution >= 0.6 is 33.9 Å². The number of hydrogen-bond donors (Lipinski definition) is 1. The summed E-state index contributed by atoms with van der Waals surface area (Å²) < 4.78 is 1.00. The van der Waals surface area contributed by atoms with Crippen LogP contribution in [-0.2, 0) is 5.41 Å². The Morgan fingerprint density at radius 2 is 1.95 bits per heavy atom. The van der Waals surface area contributed by atoms with Crippen LogP contribution in [0, 0.1) is 3.57 Å². The molecule has 0 aliphatic heterocycles. The summed E-state index contributed by atoms with van der Waals surface area (Å²) in [5.41, 5.74) is 8.02. The number of nitrogens with two attached hydrogens (primary N) is 1. The van der Waals surface area contributed by atoms with Gasteiger partial charge in [-0.15, -0.1) is 11.3 Å². The van der Waals surface area contributed by atoms with E-state index in [2.05, 4.69) is 53.3 Å². The number of hydrogen-bond acceptors (Lipinski definition) is 5. The Hall–Kier alpha value is -0.760. The molecule has 0 bridgehead atoms. The lowest BCUT2D eigenvalue weighted by molar-refractivity contribution is 0.586. The van der Waals surface area contributed by atoms with Crippen molar-refractivity contribution in [3.05, 3.63) is 19.7 Å². The van der Waals surface area contributed by atoms with Gasteiger partial charge in [0, 0.05) is 16.7 Å². The van der Waals surface area contributed by atoms with Crippen molar-refractivity contribution in [3.63, 3.8) is 0 Å². The third-order valence-electron chi connectivity index (χ3n) is 3.24. The van der Waals surface area contributed by atoms with Gasteiger partial charge in [-0.1, -0.05) is 20.8 Å². The van der Waals surface area contributed by atoms with E-state index in [-0.39, 0.29) is 5.41 Å². The molecule has 6 heteroatoms. The summed E-state index contributed by atoms with van der Waals surface area (Å²) in [4.78, 5) is 13.8. The topological polar surface area (TPSA) is 64.7 Å². The largest absolute Gasteiger partial charge is 0.383 e. The normalized spacial score (nSPS) is 15.6. The summed E-state index contributed by atoms with van der Waals surface area (Å²) in [7, 11) is 0. The average Bonchev–Trinajstić information content (AvgIpc) is 3.06. The Labute approximate surface area is 136 Å². The standard InChI is InChI=1S/C14H17IN4S/c1-14(2,3)13-17-8(6-20-13)12-18-10(7-4-5-7)9(15)11(16)19-12/h6-7H,4-5H2,1-3H3,(H2,16,18,19). The van der Waals surface area contributed by atoms with Crippen LogP contribution in [0.3, 0.4) is 0 Å². The molecular formula is C14H17IN4S. The Balaban J connectivity index is 2.04. The Morgan fingerprint density at radius 3 is 2.50 bits per heavy atom. The molecule has 1 aliphatic carbocycles. The van der Waals surface area contributed by atoms with Crippen molar-refractivity contribution in [2.24, 2.45) is 0 Å². The van der Waals surface area contributed by atoms with Crippen molar-refractivity contribution in [3.8, 4) is 11.5 Å². The van der Waals surface area contributed by atoms with Crippen molar-refractivity contribution in [2.45, 2.75) is 44.9 Å². The molecule has 0 aromatic carbocycles. The first kappa shape index (κ1) is 14.2. The van der Waals surface area contributed by atoms with Gasteiger partial charge in [0.2, 0.25) is 0 Å². The molecule has 2 aromatic rings. The fourth-order valence-corrected chi connectivity index (χ4v) is 3.51. The van der Waals surface area contributed by atoms with E-state index in [1.165, 1.54) is 12.8 Å². The number of anilines is 1. The molecule has 0 atom stereocenters. The maximum atomic E-state index is 6.03. The first-order valence-corrected chi connectivity index (χ1v) is 8.61. The average molecular weight is 400 g/mol. The van der Waals surface area contributed by atoms with E-state index in [1.807, 2.05) is 5.38 Å². The molecule has 0 spiro atoms. The number of nitrogens with zero attached hydrogens (tertiary/aromatic N) is 3. The second-order valence-electron chi connectivity index (χ2n) is 6.19. The molecule has 0 unspecified atom stereocenters. The van der Waals surface area contributed by atoms with Gasteiger partial charge < -0.3 is 5.73 Å². The maximum Gasteiger partial charge on any atom is 0.181 e. The van der Waals surface area contributed by atoms with Crippen LogP contribution in [0.25, 0.3) is 11.5 Å². The summed E-state index contributed by atoms with van der Waals surface area (Å²) in [6.45, 7) is 6.48. The highest BCUT2D eigenvalue weighted by atomic mass is 127. The third kappa shape index (κ3) is 2.67. The molecule has 1 saturated carbocycles. The van der Waals surface area contributed by atoms with Crippen LogP contribution in [0.1, 0.15) is 50.2 Å². The predicted octanol–water partition coefficient (Wildman–Crippen LogP) is 3.96. The lowest BCUT2D eigenvalue weighted by atomic mass is 9.98. The van der Waals surface area contributed by atoms with Crippen LogP contribution in [0.2, 0.25) is 0 Å². The minimum atomic E-state index is 0.0526. The Morgan fingerprint density at radius 1 is 1.25 bits per heavy atom. The molecule has 2 N–H and O–H groups in total. The highest BCUT2D eigenvalue weighted by molar-refractivity contribution is 14.1. The number of thiazole rings is 1. The summed E-state index contributed by atoms with van der Waals surface area (Å²) in [6, 6.07) is 0. The van der Waals surface area contributed by atoms with Gasteiger partial charge in [0.25, 0.3) is 0 Å². The monoisotopic (exact) mass is 400 g/mol. The fraction of sp³-hybridized carbons (Fsp3) is 0.500. The quantitative estimate of drug-likeness (QED) is 0.776. The van der Waals surface area contributed by atoms with E-state index >= 15 is 0 Å². The first-order valence-electron chi connectivity index (χ1n) is 6.65. The molecule has 1 aliphatic rings. The van der Waals surface area contributed by atoms with Crippen LogP contribution in [0.4, 0.5) is 5.82 Å². The van der Waals surface area contributed by atoms with Gasteiger partial charge in [0.1, 0.15) is 11.5 Å². The Kier molecular flexibility index (Phi) is 3.48. The lowest BCUT2D eigenvalue weighted by Gasteiger charge is -2.13. The molecule has 2 heterocycles. The van der Waals surface area contributed by atoms with Crippen LogP contribution in [0.15, 0.2) is 5.38 Å². The zero-order valence-electron chi connectivity index (χ0n) is 11.8. The second-order valence-corrected chi connectivity index (χ2v) is 8.13. The van der Waals surface area contributed by atoms with Gasteiger partial charge in [-0.05, 0) is 35.4 Å². The number of rotatable bonds is 2. The van der Waals surface area contributed by atoms with Crippen LogP contribution < -0.4 is 5.73 Å². The highest BCUT2D eigenvalue weighted by Gasteiger charge is 2.29. The zero-order chi connectivity index (χ0) is 14.5. The summed E-state index contributed by atoms with van der Waals surface area (Å²) in [5.74, 6) is 1.80. The molecule has 20 heavy (non-hydrogen) atoms. The summed E-state index contributed by atoms with van der Waals surface area (Å²) in [6.07, 6.45) is 2.41. The minimum Gasteiger partial charge on any atom is -0.383 e. The predicted molar refractivity (Wildman–Crippen MR) is 90.9 cm³/mol. The maximum absolute atomic E-state index is 6.03. The van der Waals surface area contributed by atoms with Crippen molar-refractivity contribution < 1.29 is 0 Å². The molecule has 0 radical (unpaired) electrons. The van der Waals surface area contributed by atoms with E-state index in [9.17, 15) is 0 Å². The second kappa shape index (κ2) is 4.91. The highest BCUT2D eigenvalue weighted by Crippen LogP contribution is 2.42. The summed E-state index contributed by atoms with van der Waals surface area (Å²) >= 11 is 3.90. The molecular weight excluding hydrogens is 383 g/mol. The van der Waals surface area contributed by atoms with E-state index in [0.717, 1.165) is 20.0 Å². The van der Waals surface area contributed by atoms with Crippen LogP contribution in [0.5, 0.6) is 0 Å². The van der Waals surface area contributed by atoms with Gasteiger partial charge in [0.05, 0.1) is 14.3 Å². The van der Waals surface area contributed by atoms with Gasteiger partial charge in [-0.3, -0.25) is 0 Å². The van der Waals surface area contributed by atoms with Crippen molar-refractivity contribution in [1.82, 2.24) is 15.0 Å². The third-order valence-corrected chi connectivity index (χ3v) is 5.61.